The molecule has 694 valence electrons. The molecule has 0 bridgehead atoms. The molecule has 1 saturated heterocycles. The Morgan fingerprint density at radius 2 is 0.657 bits per heavy atom. The van der Waals surface area contributed by atoms with Gasteiger partial charge in [0.1, 0.15) is 22.8 Å². The summed E-state index contributed by atoms with van der Waals surface area (Å²) in [7, 11) is 1.66. The summed E-state index contributed by atoms with van der Waals surface area (Å²) in [5, 5.41) is 46.2. The minimum atomic E-state index is 0.406. The number of hydrogen-bond donors (Lipinski definition) is 9. The fourth-order valence-corrected chi connectivity index (χ4v) is 17.9. The van der Waals surface area contributed by atoms with Crippen LogP contribution >= 0.6 is 0 Å². The monoisotopic (exact) mass is 1850 g/mol. The number of benzene rings is 8. The molecular weight excluding hydrogens is 1760 g/mol. The standard InChI is InChI=1S/C29H27N7O2.C27H24N6O2.C26H23N7.C26H22N6O2/c1-2-6-22-19(4-1)15-30-17-24(22)21-14-23-27(34-35-28(23)31-16-21)29-32-25-7-3-5-20(26(25)33-29)18-38-13-10-36-8-11-37-12-9-36;1-2-34-10-11-35-16-18-7-5-9-23-24(18)31-27(30-23)25-21-12-19(14-29-26(21)33-32-25)22-15-28-13-17-6-3-4-8-20(17)22;1-15(2)28-12-17-7-5-9-22-23(17)31-26(30-22)24-20-10-18(13-29-25(20)33-32-24)21-14-27-11-16-6-3-4-8-19(16)21;1-33-9-10-34-15-17-6-4-8-22-23(17)30-26(29-22)24-20-11-18(13-28-25(20)32-31-24)21-14-27-12-16-5-2-3-7-19(16)21/h1-7,14-17H,8-13,18H2,(H,32,33)(H,31,34,35);3-9,12-15H,2,10-11,16H2,1H3,(H,30,31)(H,29,32,33);3-11,13-15,28H,12H2,1-2H3,(H,30,31)(H,29,32,33);2-8,11-14H,9-10,15H2,1H3,(H,29,30)(H,28,31,32). The molecule has 140 heavy (non-hydrogen) atoms. The van der Waals surface area contributed by atoms with Crippen LogP contribution in [-0.4, -0.2) is 211 Å². The van der Waals surface area contributed by atoms with Gasteiger partial charge < -0.3 is 53.7 Å². The number of nitrogens with zero attached hydrogens (tertiary/aromatic N) is 17. The number of morpholine rings is 1. The van der Waals surface area contributed by atoms with Crippen molar-refractivity contribution in [3.8, 4) is 90.6 Å². The Labute approximate surface area is 800 Å². The van der Waals surface area contributed by atoms with Gasteiger partial charge in [-0.05, 0) is 82.6 Å². The summed E-state index contributed by atoms with van der Waals surface area (Å²) in [6, 6.07) is 66.2. The van der Waals surface area contributed by atoms with Gasteiger partial charge in [-0.3, -0.25) is 45.2 Å². The van der Waals surface area contributed by atoms with E-state index in [2.05, 4.69) is 222 Å². The third-order valence-corrected chi connectivity index (χ3v) is 25.0. The smallest absolute Gasteiger partial charge is 0.181 e. The fourth-order valence-electron chi connectivity index (χ4n) is 17.9. The number of ether oxygens (including phenoxy) is 6. The fraction of sp³-hybridized carbons (Fsp3) is 0.185. The van der Waals surface area contributed by atoms with Gasteiger partial charge in [-0.1, -0.05) is 159 Å². The lowest BCUT2D eigenvalue weighted by Gasteiger charge is -2.26. The van der Waals surface area contributed by atoms with Crippen LogP contribution in [0.4, 0.5) is 0 Å². The highest BCUT2D eigenvalue weighted by atomic mass is 16.5. The Morgan fingerprint density at radius 3 is 0.993 bits per heavy atom. The van der Waals surface area contributed by atoms with E-state index < -0.39 is 0 Å². The highest BCUT2D eigenvalue weighted by molar-refractivity contribution is 6.05. The molecule has 1 aliphatic heterocycles. The van der Waals surface area contributed by atoms with Crippen LogP contribution < -0.4 is 5.32 Å². The van der Waals surface area contributed by atoms with Crippen molar-refractivity contribution in [3.05, 3.63) is 291 Å². The number of nitrogens with one attached hydrogen (secondary N) is 9. The van der Waals surface area contributed by atoms with Crippen molar-refractivity contribution in [2.75, 3.05) is 79.6 Å². The van der Waals surface area contributed by atoms with E-state index in [1.807, 2.05) is 178 Å². The second-order valence-corrected chi connectivity index (χ2v) is 34.3. The number of imidazole rings is 4. The molecule has 1 aliphatic rings. The molecule has 32 nitrogen and oxygen atoms in total. The highest BCUT2D eigenvalue weighted by Gasteiger charge is 2.24. The summed E-state index contributed by atoms with van der Waals surface area (Å²) in [6.07, 6.45) is 22.4. The molecule has 0 radical (unpaired) electrons. The van der Waals surface area contributed by atoms with E-state index in [-0.39, 0.29) is 0 Å². The van der Waals surface area contributed by atoms with Gasteiger partial charge in [0.25, 0.3) is 0 Å². The summed E-state index contributed by atoms with van der Waals surface area (Å²) in [4.78, 5) is 71.9. The van der Waals surface area contributed by atoms with E-state index in [9.17, 15) is 0 Å². The van der Waals surface area contributed by atoms with Crippen LogP contribution in [0.1, 0.15) is 43.0 Å². The normalized spacial score (nSPS) is 12.5. The first-order chi connectivity index (χ1) is 69.1. The van der Waals surface area contributed by atoms with Crippen molar-refractivity contribution in [1.82, 2.24) is 131 Å². The number of hydrogen-bond acceptors (Lipinski definition) is 24. The van der Waals surface area contributed by atoms with E-state index in [4.69, 9.17) is 48.4 Å². The number of para-hydroxylation sites is 4. The highest BCUT2D eigenvalue weighted by Crippen LogP contribution is 2.40. The number of methoxy groups -OCH3 is 1. The molecule has 1 fully saturated rings. The summed E-state index contributed by atoms with van der Waals surface area (Å²) >= 11 is 0. The third-order valence-electron chi connectivity index (χ3n) is 25.0. The van der Waals surface area contributed by atoms with Crippen molar-refractivity contribution < 1.29 is 28.4 Å². The first-order valence-electron chi connectivity index (χ1n) is 46.6. The number of aromatic amines is 8. The molecule has 0 amide bonds. The molecule has 17 heterocycles. The second-order valence-electron chi connectivity index (χ2n) is 34.3. The van der Waals surface area contributed by atoms with E-state index in [1.54, 1.807) is 7.11 Å². The van der Waals surface area contributed by atoms with E-state index in [0.29, 0.717) is 99.7 Å². The van der Waals surface area contributed by atoms with E-state index in [1.165, 1.54) is 0 Å². The van der Waals surface area contributed by atoms with Crippen molar-refractivity contribution >= 4 is 131 Å². The Morgan fingerprint density at radius 1 is 0.343 bits per heavy atom. The average molecular weight is 1850 g/mol. The molecule has 32 heteroatoms. The second kappa shape index (κ2) is 40.4. The van der Waals surface area contributed by atoms with Gasteiger partial charge in [-0.15, -0.1) is 0 Å². The Hall–Kier alpha value is -16.6. The van der Waals surface area contributed by atoms with Crippen molar-refractivity contribution in [1.29, 1.82) is 0 Å². The quantitative estimate of drug-likeness (QED) is 0.0216. The first-order valence-corrected chi connectivity index (χ1v) is 46.6. The van der Waals surface area contributed by atoms with Crippen LogP contribution in [0.25, 0.3) is 222 Å². The van der Waals surface area contributed by atoms with Gasteiger partial charge in [0, 0.05) is 203 Å². The molecular formula is C108H96N26O6. The van der Waals surface area contributed by atoms with Gasteiger partial charge in [0.05, 0.1) is 132 Å². The first kappa shape index (κ1) is 88.7. The maximum absolute atomic E-state index is 6.03. The summed E-state index contributed by atoms with van der Waals surface area (Å²) in [5.41, 5.74) is 25.5. The summed E-state index contributed by atoms with van der Waals surface area (Å²) in [6.45, 7) is 16.5. The van der Waals surface area contributed by atoms with Gasteiger partial charge in [0.2, 0.25) is 0 Å². The predicted molar refractivity (Wildman–Crippen MR) is 545 cm³/mol. The van der Waals surface area contributed by atoms with Crippen LogP contribution in [0, 0.1) is 0 Å². The zero-order chi connectivity index (χ0) is 94.2. The number of H-pyrrole nitrogens is 8. The van der Waals surface area contributed by atoms with Crippen molar-refractivity contribution in [3.63, 3.8) is 0 Å². The maximum Gasteiger partial charge on any atom is 0.181 e. The minimum absolute atomic E-state index is 0.406. The molecule has 0 saturated carbocycles. The topological polar surface area (TPSA) is 403 Å². The van der Waals surface area contributed by atoms with E-state index in [0.717, 1.165) is 249 Å². The molecule has 0 aliphatic carbocycles. The van der Waals surface area contributed by atoms with Crippen LogP contribution in [0.2, 0.25) is 0 Å². The van der Waals surface area contributed by atoms with Gasteiger partial charge in [-0.2, -0.15) is 20.4 Å². The largest absolute Gasteiger partial charge is 0.382 e. The lowest BCUT2D eigenvalue weighted by molar-refractivity contribution is 0.0181. The zero-order valence-corrected chi connectivity index (χ0v) is 77.1. The van der Waals surface area contributed by atoms with Gasteiger partial charge >= 0.3 is 0 Å². The van der Waals surface area contributed by atoms with Crippen LogP contribution in [0.15, 0.2) is 268 Å². The summed E-state index contributed by atoms with van der Waals surface area (Å²) < 4.78 is 33.4. The zero-order valence-electron chi connectivity index (χ0n) is 77.1. The SMILES string of the molecule is CC(C)NCc1cccc2[nH]c(-c3[nH]nc4ncc(-c5cncc6ccccc56)cc34)nc12.CCOCCOCc1cccc2[nH]c(-c3[nH]nc4ncc(-c5cncc6ccccc56)cc34)nc12.COCCOCc1cccc2[nH]c(-c3[nH]nc4ncc(-c5cncc6ccccc56)cc34)nc12.c1ccc2c(-c3cnc4n[nH]c(-c5nc6c(COCCN7CCOCC7)cccc6[nH]5)c4c3)cncc2c1. The van der Waals surface area contributed by atoms with Gasteiger partial charge in [-0.25, -0.2) is 39.9 Å². The Kier molecular flexibility index (Phi) is 25.6. The van der Waals surface area contributed by atoms with Crippen LogP contribution in [0.3, 0.4) is 0 Å². The lowest BCUT2D eigenvalue weighted by atomic mass is 10.0. The van der Waals surface area contributed by atoms with Crippen molar-refractivity contribution in [2.45, 2.75) is 53.2 Å². The average Bonchev–Trinajstić information content (AvgIpc) is 1.65. The number of pyridine rings is 8. The lowest BCUT2D eigenvalue weighted by Crippen LogP contribution is -2.38. The Balaban J connectivity index is 0.000000107. The molecule has 16 aromatic heterocycles. The van der Waals surface area contributed by atoms with E-state index >= 15 is 0 Å². The molecule has 0 unspecified atom stereocenters. The number of fused-ring (bicyclic) bond motifs is 12. The summed E-state index contributed by atoms with van der Waals surface area (Å²) in [5.74, 6) is 2.88. The van der Waals surface area contributed by atoms with Crippen LogP contribution in [-0.2, 0) is 54.8 Å². The molecule has 25 rings (SSSR count). The van der Waals surface area contributed by atoms with Crippen LogP contribution in [0.5, 0.6) is 0 Å². The maximum atomic E-state index is 6.03. The molecule has 0 atom stereocenters. The third kappa shape index (κ3) is 18.5. The molecule has 8 aromatic carbocycles. The number of rotatable bonds is 27. The van der Waals surface area contributed by atoms with Crippen molar-refractivity contribution in [2.24, 2.45) is 0 Å². The number of aromatic nitrogens is 24. The molecule has 0 spiro atoms. The minimum Gasteiger partial charge on any atom is -0.382 e. The Bertz CT molecular complexity index is 8560. The molecule has 9 N–H and O–H groups in total. The predicted octanol–water partition coefficient (Wildman–Crippen LogP) is 19.9. The van der Waals surface area contributed by atoms with Gasteiger partial charge in [0.15, 0.2) is 45.9 Å². The molecule has 24 aromatic rings.